The van der Waals surface area contributed by atoms with E-state index in [0.29, 0.717) is 44.1 Å². The molecule has 1 heterocycles. The Balaban J connectivity index is 0.00000312. The highest BCUT2D eigenvalue weighted by Gasteiger charge is 2.28. The summed E-state index contributed by atoms with van der Waals surface area (Å²) in [4.78, 5) is 26.4. The molecule has 0 aromatic heterocycles. The van der Waals surface area contributed by atoms with Gasteiger partial charge in [-0.2, -0.15) is 0 Å². The number of carbonyl (C=O) groups excluding carboxylic acids is 2. The summed E-state index contributed by atoms with van der Waals surface area (Å²) in [5.74, 6) is 0.460. The maximum Gasteiger partial charge on any atom is 0.253 e. The lowest BCUT2D eigenvalue weighted by molar-refractivity contribution is -0.126. The molecule has 0 spiro atoms. The SMILES string of the molecule is C=CCOc1ccc(C(=O)N2CCCC(C(=O)NCCN)C2)cc1.Cl. The predicted molar refractivity (Wildman–Crippen MR) is 100 cm³/mol. The summed E-state index contributed by atoms with van der Waals surface area (Å²) < 4.78 is 5.42. The first-order valence-corrected chi connectivity index (χ1v) is 8.26. The third kappa shape index (κ3) is 6.07. The van der Waals surface area contributed by atoms with Gasteiger partial charge in [-0.05, 0) is 37.1 Å². The Morgan fingerprint density at radius 2 is 2.08 bits per heavy atom. The normalized spacial score (nSPS) is 16.5. The van der Waals surface area contributed by atoms with Gasteiger partial charge in [0.05, 0.1) is 5.92 Å². The Morgan fingerprint density at radius 1 is 1.36 bits per heavy atom. The molecule has 1 aliphatic rings. The van der Waals surface area contributed by atoms with Crippen molar-refractivity contribution in [2.45, 2.75) is 12.8 Å². The van der Waals surface area contributed by atoms with Crippen LogP contribution >= 0.6 is 12.4 Å². The molecule has 0 bridgehead atoms. The number of benzene rings is 1. The molecule has 2 rings (SSSR count). The van der Waals surface area contributed by atoms with Crippen LogP contribution in [0.5, 0.6) is 5.75 Å². The third-order valence-corrected chi connectivity index (χ3v) is 3.99. The van der Waals surface area contributed by atoms with Crippen LogP contribution in [0.2, 0.25) is 0 Å². The Kier molecular flexibility index (Phi) is 9.02. The molecule has 1 fully saturated rings. The summed E-state index contributed by atoms with van der Waals surface area (Å²) in [6, 6.07) is 7.04. The maximum absolute atomic E-state index is 12.6. The van der Waals surface area contributed by atoms with Crippen molar-refractivity contribution in [2.75, 3.05) is 32.8 Å². The number of nitrogens with two attached hydrogens (primary N) is 1. The zero-order chi connectivity index (χ0) is 17.4. The standard InChI is InChI=1S/C18H25N3O3.ClH/c1-2-12-24-16-7-5-14(6-8-16)18(23)21-11-3-4-15(13-21)17(22)20-10-9-19;/h2,5-8,15H,1,3-4,9-13,19H2,(H,20,22);1H. The van der Waals surface area contributed by atoms with Crippen molar-refractivity contribution in [1.29, 1.82) is 0 Å². The predicted octanol–water partition coefficient (Wildman–Crippen LogP) is 1.60. The summed E-state index contributed by atoms with van der Waals surface area (Å²) in [7, 11) is 0. The molecule has 0 saturated carbocycles. The van der Waals surface area contributed by atoms with E-state index in [1.807, 2.05) is 0 Å². The molecule has 6 nitrogen and oxygen atoms in total. The van der Waals surface area contributed by atoms with Gasteiger partial charge in [0.25, 0.3) is 5.91 Å². The molecule has 2 amide bonds. The van der Waals surface area contributed by atoms with Gasteiger partial charge in [0, 0.05) is 31.7 Å². The molecule has 1 unspecified atom stereocenters. The second-order valence-corrected chi connectivity index (χ2v) is 5.79. The van der Waals surface area contributed by atoms with E-state index in [0.717, 1.165) is 12.8 Å². The number of likely N-dealkylation sites (tertiary alicyclic amines) is 1. The number of piperidine rings is 1. The highest BCUT2D eigenvalue weighted by Crippen LogP contribution is 2.20. The van der Waals surface area contributed by atoms with Crippen molar-refractivity contribution in [3.05, 3.63) is 42.5 Å². The van der Waals surface area contributed by atoms with Gasteiger partial charge >= 0.3 is 0 Å². The van der Waals surface area contributed by atoms with Crippen molar-refractivity contribution < 1.29 is 14.3 Å². The molecular weight excluding hydrogens is 342 g/mol. The fourth-order valence-electron chi connectivity index (χ4n) is 2.75. The van der Waals surface area contributed by atoms with Gasteiger partial charge in [0.1, 0.15) is 12.4 Å². The van der Waals surface area contributed by atoms with Crippen LogP contribution in [-0.4, -0.2) is 49.5 Å². The Labute approximate surface area is 154 Å². The summed E-state index contributed by atoms with van der Waals surface area (Å²) in [6.07, 6.45) is 3.30. The zero-order valence-corrected chi connectivity index (χ0v) is 15.1. The van der Waals surface area contributed by atoms with Gasteiger partial charge in [-0.15, -0.1) is 12.4 Å². The van der Waals surface area contributed by atoms with E-state index in [1.165, 1.54) is 0 Å². The van der Waals surface area contributed by atoms with Gasteiger partial charge < -0.3 is 20.7 Å². The van der Waals surface area contributed by atoms with E-state index in [1.54, 1.807) is 35.2 Å². The zero-order valence-electron chi connectivity index (χ0n) is 14.3. The van der Waals surface area contributed by atoms with E-state index in [-0.39, 0.29) is 30.1 Å². The first-order chi connectivity index (χ1) is 11.7. The van der Waals surface area contributed by atoms with Crippen LogP contribution in [0, 0.1) is 5.92 Å². The van der Waals surface area contributed by atoms with Crippen LogP contribution in [-0.2, 0) is 4.79 Å². The van der Waals surface area contributed by atoms with Crippen LogP contribution in [0.4, 0.5) is 0 Å². The number of amides is 2. The molecule has 0 radical (unpaired) electrons. The lowest BCUT2D eigenvalue weighted by Crippen LogP contribution is -2.46. The molecule has 25 heavy (non-hydrogen) atoms. The molecule has 7 heteroatoms. The monoisotopic (exact) mass is 367 g/mol. The van der Waals surface area contributed by atoms with Crippen LogP contribution < -0.4 is 15.8 Å². The largest absolute Gasteiger partial charge is 0.490 e. The summed E-state index contributed by atoms with van der Waals surface area (Å²) in [5.41, 5.74) is 6.01. The number of halogens is 1. The molecule has 138 valence electrons. The van der Waals surface area contributed by atoms with E-state index in [4.69, 9.17) is 10.5 Å². The maximum atomic E-state index is 12.6. The number of hydrogen-bond donors (Lipinski definition) is 2. The van der Waals surface area contributed by atoms with Gasteiger partial charge in [-0.1, -0.05) is 12.7 Å². The van der Waals surface area contributed by atoms with Gasteiger partial charge in [-0.25, -0.2) is 0 Å². The highest BCUT2D eigenvalue weighted by atomic mass is 35.5. The Bertz CT molecular complexity index is 577. The minimum Gasteiger partial charge on any atom is -0.490 e. The van der Waals surface area contributed by atoms with Crippen molar-refractivity contribution in [3.63, 3.8) is 0 Å². The highest BCUT2D eigenvalue weighted by molar-refractivity contribution is 5.94. The third-order valence-electron chi connectivity index (χ3n) is 3.99. The Hall–Kier alpha value is -2.05. The molecule has 1 saturated heterocycles. The van der Waals surface area contributed by atoms with Crippen molar-refractivity contribution in [3.8, 4) is 5.75 Å². The number of hydrogen-bond acceptors (Lipinski definition) is 4. The van der Waals surface area contributed by atoms with E-state index in [9.17, 15) is 9.59 Å². The van der Waals surface area contributed by atoms with E-state index in [2.05, 4.69) is 11.9 Å². The molecular formula is C18H26ClN3O3. The van der Waals surface area contributed by atoms with E-state index < -0.39 is 0 Å². The van der Waals surface area contributed by atoms with Crippen molar-refractivity contribution in [2.24, 2.45) is 11.7 Å². The first-order valence-electron chi connectivity index (χ1n) is 8.26. The first kappa shape index (κ1) is 21.0. The van der Waals surface area contributed by atoms with E-state index >= 15 is 0 Å². The fourth-order valence-corrected chi connectivity index (χ4v) is 2.75. The second-order valence-electron chi connectivity index (χ2n) is 5.79. The fraction of sp³-hybridized carbons (Fsp3) is 0.444. The number of nitrogens with zero attached hydrogens (tertiary/aromatic N) is 1. The van der Waals surface area contributed by atoms with Gasteiger partial charge in [0.2, 0.25) is 5.91 Å². The lowest BCUT2D eigenvalue weighted by atomic mass is 9.96. The summed E-state index contributed by atoms with van der Waals surface area (Å²) >= 11 is 0. The van der Waals surface area contributed by atoms with Gasteiger partial charge in [0.15, 0.2) is 0 Å². The molecule has 1 aromatic carbocycles. The van der Waals surface area contributed by atoms with Crippen LogP contribution in [0.25, 0.3) is 0 Å². The number of nitrogens with one attached hydrogen (secondary N) is 1. The molecule has 0 aliphatic carbocycles. The Morgan fingerprint density at radius 3 is 2.72 bits per heavy atom. The van der Waals surface area contributed by atoms with Crippen molar-refractivity contribution >= 4 is 24.2 Å². The summed E-state index contributed by atoms with van der Waals surface area (Å²) in [6.45, 7) is 6.04. The minimum absolute atomic E-state index is 0. The van der Waals surface area contributed by atoms with Crippen LogP contribution in [0.15, 0.2) is 36.9 Å². The molecule has 3 N–H and O–H groups in total. The molecule has 1 aliphatic heterocycles. The molecule has 1 aromatic rings. The van der Waals surface area contributed by atoms with Gasteiger partial charge in [-0.3, -0.25) is 9.59 Å². The summed E-state index contributed by atoms with van der Waals surface area (Å²) in [5, 5.41) is 2.80. The van der Waals surface area contributed by atoms with Crippen LogP contribution in [0.3, 0.4) is 0 Å². The lowest BCUT2D eigenvalue weighted by Gasteiger charge is -2.32. The van der Waals surface area contributed by atoms with Crippen molar-refractivity contribution in [1.82, 2.24) is 10.2 Å². The quantitative estimate of drug-likeness (QED) is 0.717. The number of carbonyl (C=O) groups is 2. The number of rotatable bonds is 7. The number of ether oxygens (including phenoxy) is 1. The minimum atomic E-state index is -0.163. The average molecular weight is 368 g/mol. The topological polar surface area (TPSA) is 84.7 Å². The molecule has 1 atom stereocenters. The average Bonchev–Trinajstić information content (AvgIpc) is 2.64. The smallest absolute Gasteiger partial charge is 0.253 e. The second kappa shape index (κ2) is 10.7. The van der Waals surface area contributed by atoms with Crippen LogP contribution in [0.1, 0.15) is 23.2 Å².